The first-order valence-corrected chi connectivity index (χ1v) is 24.1. The monoisotopic (exact) mass is 1020 g/mol. The number of esters is 1. The van der Waals surface area contributed by atoms with Gasteiger partial charge in [0, 0.05) is 42.0 Å². The van der Waals surface area contributed by atoms with Crippen LogP contribution in [0.25, 0.3) is 22.3 Å². The molecule has 74 heavy (non-hydrogen) atoms. The summed E-state index contributed by atoms with van der Waals surface area (Å²) in [5, 5.41) is 23.5. The van der Waals surface area contributed by atoms with Crippen LogP contribution in [0.4, 0.5) is 4.39 Å². The molecule has 2 aromatic carbocycles. The molecular weight excluding hydrogens is 968 g/mol. The van der Waals surface area contributed by atoms with Crippen LogP contribution in [0.15, 0.2) is 65.5 Å². The van der Waals surface area contributed by atoms with E-state index in [1.54, 1.807) is 50.2 Å². The van der Waals surface area contributed by atoms with Gasteiger partial charge in [0.2, 0.25) is 29.5 Å². The highest BCUT2D eigenvalue weighted by atomic mass is 19.1. The lowest BCUT2D eigenvalue weighted by atomic mass is 9.81. The fourth-order valence-corrected chi connectivity index (χ4v) is 8.69. The van der Waals surface area contributed by atoms with Crippen LogP contribution in [-0.2, 0) is 83.3 Å². The quantitative estimate of drug-likeness (QED) is 0.0187. The molecule has 1 unspecified atom stereocenters. The first-order valence-electron chi connectivity index (χ1n) is 24.1. The lowest BCUT2D eigenvalue weighted by Gasteiger charge is -2.29. The Morgan fingerprint density at radius 1 is 0.851 bits per heavy atom. The standard InChI is InChI=1S/C51H57FN8O14/c1-3-39(61)51(70)74-26-31-9-12-38-48-33(25-60(38)50(31)69)47-35(11-10-32-29(2)34(52)22-36(58-48)46(32)47)56-43(65)27-73-28-55-41(63)23-54-49(68)37(21-30-7-5-4-6-8-30)57-42(64)24-53-40(62)15-17-71-19-20-72-18-16-59-44(66)13-14-45(59)67/h4-9,12-14,22,35,37,39,61H,3,10-11,15-21,23-28H2,1-2H3,(H,53,62)(H,54,68)(H,55,63)(H,56,65)(H,57,64)/t35-,37?,39+/m0/s1. The number of pyridine rings is 2. The molecule has 0 saturated carbocycles. The van der Waals surface area contributed by atoms with Crippen molar-refractivity contribution < 1.29 is 66.8 Å². The van der Waals surface area contributed by atoms with Gasteiger partial charge in [-0.15, -0.1) is 0 Å². The van der Waals surface area contributed by atoms with Crippen LogP contribution in [0.1, 0.15) is 65.6 Å². The van der Waals surface area contributed by atoms with Gasteiger partial charge in [0.1, 0.15) is 31.8 Å². The molecule has 3 aliphatic rings. The highest BCUT2D eigenvalue weighted by Crippen LogP contribution is 2.44. The van der Waals surface area contributed by atoms with E-state index < -0.39 is 103 Å². The Morgan fingerprint density at radius 2 is 1.58 bits per heavy atom. The molecule has 0 spiro atoms. The van der Waals surface area contributed by atoms with Gasteiger partial charge in [-0.2, -0.15) is 0 Å². The number of benzene rings is 2. The third-order valence-electron chi connectivity index (χ3n) is 12.6. The number of aryl methyl sites for hydroxylation is 1. The average molecular weight is 1030 g/mol. The summed E-state index contributed by atoms with van der Waals surface area (Å²) in [5.41, 5.74) is 4.26. The highest BCUT2D eigenvalue weighted by molar-refractivity contribution is 6.12. The Bertz CT molecular complexity index is 2890. The SMILES string of the molecule is CC[C@@H](O)C(=O)OCc1ccc2n(c1=O)Cc1c-2nc2cc(F)c(C)c3c2c1[C@@H](NC(=O)COCNC(=O)CNC(=O)C(Cc1ccccc1)NC(=O)CNC(=O)CCOCCOCCN1C(=O)C=CC1=O)CC3. The second kappa shape index (κ2) is 25.3. The first kappa shape index (κ1) is 54.1. The minimum Gasteiger partial charge on any atom is -0.459 e. The number of rotatable bonds is 26. The van der Waals surface area contributed by atoms with Crippen molar-refractivity contribution in [3.05, 3.63) is 110 Å². The van der Waals surface area contributed by atoms with Gasteiger partial charge in [-0.3, -0.25) is 43.3 Å². The lowest BCUT2D eigenvalue weighted by Crippen LogP contribution is -2.52. The van der Waals surface area contributed by atoms with Gasteiger partial charge >= 0.3 is 5.97 Å². The molecule has 2 aromatic heterocycles. The third kappa shape index (κ3) is 13.5. The van der Waals surface area contributed by atoms with Crippen LogP contribution < -0.4 is 32.1 Å². The van der Waals surface area contributed by atoms with Crippen molar-refractivity contribution in [1.29, 1.82) is 0 Å². The highest BCUT2D eigenvalue weighted by Gasteiger charge is 2.35. The molecule has 0 fully saturated rings. The van der Waals surface area contributed by atoms with E-state index in [1.165, 1.54) is 28.9 Å². The van der Waals surface area contributed by atoms with Gasteiger partial charge < -0.3 is 55.2 Å². The summed E-state index contributed by atoms with van der Waals surface area (Å²) in [5.74, 6) is -5.11. The second-order valence-corrected chi connectivity index (χ2v) is 17.6. The zero-order valence-corrected chi connectivity index (χ0v) is 40.8. The molecule has 1 aliphatic carbocycles. The van der Waals surface area contributed by atoms with Gasteiger partial charge in [0.05, 0.1) is 81.1 Å². The van der Waals surface area contributed by atoms with E-state index in [4.69, 9.17) is 23.9 Å². The van der Waals surface area contributed by atoms with Gasteiger partial charge in [-0.05, 0) is 60.6 Å². The number of nitrogens with one attached hydrogen (secondary N) is 5. The molecule has 4 aromatic rings. The molecule has 0 bridgehead atoms. The van der Waals surface area contributed by atoms with Crippen LogP contribution in [0.5, 0.6) is 0 Å². The van der Waals surface area contributed by atoms with Crippen molar-refractivity contribution in [1.82, 2.24) is 41.0 Å². The van der Waals surface area contributed by atoms with E-state index in [2.05, 4.69) is 26.6 Å². The summed E-state index contributed by atoms with van der Waals surface area (Å²) in [4.78, 5) is 120. The van der Waals surface area contributed by atoms with E-state index >= 15 is 4.39 Å². The number of halogens is 1. The summed E-state index contributed by atoms with van der Waals surface area (Å²) in [7, 11) is 0. The van der Waals surface area contributed by atoms with Gasteiger partial charge in [-0.25, -0.2) is 14.2 Å². The summed E-state index contributed by atoms with van der Waals surface area (Å²) in [6.45, 7) is 1.78. The Morgan fingerprint density at radius 3 is 2.32 bits per heavy atom. The number of aliphatic hydroxyl groups is 1. The molecule has 6 N–H and O–H groups in total. The fourth-order valence-electron chi connectivity index (χ4n) is 8.69. The van der Waals surface area contributed by atoms with Gasteiger partial charge in [0.25, 0.3) is 17.4 Å². The molecule has 4 heterocycles. The molecular formula is C51H57FN8O14. The molecule has 7 rings (SSSR count). The zero-order chi connectivity index (χ0) is 52.9. The van der Waals surface area contributed by atoms with E-state index in [0.717, 1.165) is 10.5 Å². The first-order chi connectivity index (χ1) is 35.6. The minimum atomic E-state index is -1.32. The minimum absolute atomic E-state index is 0.0281. The van der Waals surface area contributed by atoms with Crippen LogP contribution in [-0.4, -0.2) is 138 Å². The number of imide groups is 1. The lowest BCUT2D eigenvalue weighted by molar-refractivity contribution is -0.155. The predicted molar refractivity (Wildman–Crippen MR) is 260 cm³/mol. The van der Waals surface area contributed by atoms with Gasteiger partial charge in [0.15, 0.2) is 6.10 Å². The van der Waals surface area contributed by atoms with E-state index in [-0.39, 0.29) is 70.9 Å². The number of amides is 7. The number of aliphatic hydroxyl groups excluding tert-OH is 1. The van der Waals surface area contributed by atoms with Crippen molar-refractivity contribution in [2.24, 2.45) is 0 Å². The van der Waals surface area contributed by atoms with Crippen LogP contribution in [0.2, 0.25) is 0 Å². The fraction of sp³-hybridized carbons (Fsp3) is 0.412. The molecule has 392 valence electrons. The number of hydrogen-bond acceptors (Lipinski definition) is 15. The maximum absolute atomic E-state index is 15.2. The van der Waals surface area contributed by atoms with Crippen molar-refractivity contribution >= 4 is 58.2 Å². The van der Waals surface area contributed by atoms with Crippen LogP contribution in [0.3, 0.4) is 0 Å². The number of fused-ring (bicyclic) bond motifs is 4. The largest absolute Gasteiger partial charge is 0.459 e. The van der Waals surface area contributed by atoms with Crippen molar-refractivity contribution in [2.75, 3.05) is 59.4 Å². The smallest absolute Gasteiger partial charge is 0.335 e. The maximum Gasteiger partial charge on any atom is 0.335 e. The second-order valence-electron chi connectivity index (χ2n) is 17.6. The summed E-state index contributed by atoms with van der Waals surface area (Å²) in [6, 6.07) is 11.6. The number of carbonyl (C=O) groups excluding carboxylic acids is 8. The summed E-state index contributed by atoms with van der Waals surface area (Å²) in [6.07, 6.45) is 2.01. The number of carbonyl (C=O) groups is 8. The number of aromatic nitrogens is 2. The molecule has 22 nitrogen and oxygen atoms in total. The average Bonchev–Trinajstić information content (AvgIpc) is 3.93. The molecule has 2 aliphatic heterocycles. The zero-order valence-electron chi connectivity index (χ0n) is 40.8. The number of nitrogens with zero attached hydrogens (tertiary/aromatic N) is 3. The number of hydrogen-bond donors (Lipinski definition) is 6. The van der Waals surface area contributed by atoms with Crippen molar-refractivity contribution in [3.8, 4) is 11.4 Å². The molecule has 23 heteroatoms. The Labute approximate surface area is 423 Å². The molecule has 0 radical (unpaired) electrons. The summed E-state index contributed by atoms with van der Waals surface area (Å²) >= 11 is 0. The maximum atomic E-state index is 15.2. The Kier molecular flexibility index (Phi) is 18.5. The van der Waals surface area contributed by atoms with Crippen LogP contribution >= 0.6 is 0 Å². The topological polar surface area (TPSA) is 292 Å². The molecule has 0 saturated heterocycles. The van der Waals surface area contributed by atoms with Crippen molar-refractivity contribution in [2.45, 2.75) is 77.3 Å². The predicted octanol–water partition coefficient (Wildman–Crippen LogP) is 0.189. The Balaban J connectivity index is 0.858. The summed E-state index contributed by atoms with van der Waals surface area (Å²) < 4.78 is 38.1. The van der Waals surface area contributed by atoms with E-state index in [9.17, 15) is 48.3 Å². The van der Waals surface area contributed by atoms with E-state index in [1.807, 2.05) is 0 Å². The van der Waals surface area contributed by atoms with Gasteiger partial charge in [-0.1, -0.05) is 37.3 Å². The molecule has 3 atom stereocenters. The van der Waals surface area contributed by atoms with E-state index in [0.29, 0.717) is 57.4 Å². The Hall–Kier alpha value is -7.73. The number of ether oxygens (including phenoxy) is 4. The normalized spacial score (nSPS) is 15.0. The van der Waals surface area contributed by atoms with Crippen molar-refractivity contribution in [3.63, 3.8) is 0 Å². The molecule has 7 amide bonds. The third-order valence-corrected chi connectivity index (χ3v) is 12.6. The van der Waals surface area contributed by atoms with Crippen LogP contribution in [0, 0.1) is 12.7 Å².